The van der Waals surface area contributed by atoms with Gasteiger partial charge >= 0.3 is 5.97 Å². The molecule has 3 unspecified atom stereocenters. The number of carbonyl (C=O) groups excluding carboxylic acids is 5. The van der Waals surface area contributed by atoms with E-state index in [4.69, 9.17) is 18.9 Å². The number of sulfonamides is 1. The molecule has 2 N–H and O–H groups in total. The molecule has 5 atom stereocenters. The molecule has 1 fully saturated rings. The highest BCUT2D eigenvalue weighted by molar-refractivity contribution is 7.89. The van der Waals surface area contributed by atoms with Crippen LogP contribution in [0.4, 0.5) is 5.69 Å². The molecule has 15 heteroatoms. The number of rotatable bonds is 28. The molecule has 0 aromatic heterocycles. The van der Waals surface area contributed by atoms with Crippen LogP contribution in [0.25, 0.3) is 0 Å². The Kier molecular flexibility index (Phi) is 21.1. The molecule has 4 aromatic carbocycles. The van der Waals surface area contributed by atoms with Gasteiger partial charge in [0.15, 0.2) is 11.5 Å². The molecule has 0 aliphatic heterocycles. The summed E-state index contributed by atoms with van der Waals surface area (Å²) in [7, 11) is 0.563. The number of methoxy groups -OCH3 is 3. The fourth-order valence-electron chi connectivity index (χ4n) is 9.13. The molecule has 72 heavy (non-hydrogen) atoms. The number of nitrogens with one attached hydrogen (secondary N) is 1. The topological polar surface area (TPSA) is 192 Å². The van der Waals surface area contributed by atoms with Crippen LogP contribution in [0.15, 0.2) is 102 Å². The number of hydrogen-bond acceptors (Lipinski definition) is 12. The van der Waals surface area contributed by atoms with Crippen molar-refractivity contribution in [3.63, 3.8) is 0 Å². The highest BCUT2D eigenvalue weighted by Gasteiger charge is 2.43. The summed E-state index contributed by atoms with van der Waals surface area (Å²) in [5.41, 5.74) is 1.92. The fraction of sp³-hybridized carbons (Fsp3) is 0.491. The molecule has 1 aliphatic rings. The Balaban J connectivity index is 1.31. The normalized spacial score (nSPS) is 16.3. The van der Waals surface area contributed by atoms with E-state index in [1.54, 1.807) is 70.5 Å². The number of ether oxygens (including phenoxy) is 4. The van der Waals surface area contributed by atoms with Gasteiger partial charge in [-0.05, 0) is 116 Å². The van der Waals surface area contributed by atoms with Crippen LogP contribution in [-0.4, -0.2) is 87.6 Å². The number of Topliss-reactive ketones (excluding diaryl/α,β-unsaturated/α-hetero) is 3. The minimum Gasteiger partial charge on any atom is -0.497 e. The number of carbonyl (C=O) groups is 5. The highest BCUT2D eigenvalue weighted by Crippen LogP contribution is 2.37. The summed E-state index contributed by atoms with van der Waals surface area (Å²) in [6, 6.07) is 27.9. The van der Waals surface area contributed by atoms with Crippen LogP contribution in [0.3, 0.4) is 0 Å². The van der Waals surface area contributed by atoms with Crippen LogP contribution in [-0.2, 0) is 51.6 Å². The zero-order valence-corrected chi connectivity index (χ0v) is 44.0. The van der Waals surface area contributed by atoms with E-state index in [0.29, 0.717) is 67.0 Å². The summed E-state index contributed by atoms with van der Waals surface area (Å²) in [5.74, 6) is -2.93. The summed E-state index contributed by atoms with van der Waals surface area (Å²) in [6.45, 7) is 9.04. The summed E-state index contributed by atoms with van der Waals surface area (Å²) in [6.07, 6.45) is 1.45. The summed E-state index contributed by atoms with van der Waals surface area (Å²) in [4.78, 5) is 68.6. The van der Waals surface area contributed by atoms with Crippen LogP contribution >= 0.6 is 0 Å². The van der Waals surface area contributed by atoms with Crippen molar-refractivity contribution < 1.29 is 56.4 Å². The molecule has 14 nitrogen and oxygen atoms in total. The second kappa shape index (κ2) is 26.7. The van der Waals surface area contributed by atoms with Gasteiger partial charge in [0.2, 0.25) is 27.5 Å². The largest absolute Gasteiger partial charge is 0.497 e. The Bertz CT molecular complexity index is 2560. The van der Waals surface area contributed by atoms with Crippen molar-refractivity contribution in [1.82, 2.24) is 4.31 Å². The van der Waals surface area contributed by atoms with E-state index in [-0.39, 0.29) is 48.9 Å². The lowest BCUT2D eigenvalue weighted by Crippen LogP contribution is -2.43. The number of aryl methyl sites for hydroxylation is 1. The number of amides is 1. The smallest absolute Gasteiger partial charge is 0.310 e. The van der Waals surface area contributed by atoms with Gasteiger partial charge in [-0.3, -0.25) is 24.0 Å². The van der Waals surface area contributed by atoms with E-state index in [2.05, 4.69) is 5.32 Å². The molecule has 5 rings (SSSR count). The third-order valence-corrected chi connectivity index (χ3v) is 15.6. The number of hydrogen-bond donors (Lipinski definition) is 2. The van der Waals surface area contributed by atoms with Gasteiger partial charge in [-0.2, -0.15) is 4.31 Å². The summed E-state index contributed by atoms with van der Waals surface area (Å²) < 4.78 is 51.6. The van der Waals surface area contributed by atoms with Gasteiger partial charge in [0.05, 0.1) is 38.2 Å². The molecule has 0 heterocycles. The zero-order chi connectivity index (χ0) is 52.6. The van der Waals surface area contributed by atoms with E-state index in [0.717, 1.165) is 24.0 Å². The van der Waals surface area contributed by atoms with Crippen LogP contribution in [0.5, 0.6) is 17.2 Å². The maximum atomic E-state index is 14.2. The maximum Gasteiger partial charge on any atom is 0.310 e. The average molecular weight is 1010 g/mol. The molecule has 0 spiro atoms. The summed E-state index contributed by atoms with van der Waals surface area (Å²) in [5, 5.41) is 14.7. The first-order valence-corrected chi connectivity index (χ1v) is 26.5. The van der Waals surface area contributed by atoms with Crippen molar-refractivity contribution in [1.29, 1.82) is 0 Å². The van der Waals surface area contributed by atoms with Crippen LogP contribution < -0.4 is 19.5 Å². The van der Waals surface area contributed by atoms with Crippen LogP contribution in [0, 0.1) is 29.1 Å². The third kappa shape index (κ3) is 15.8. The Labute approximate surface area is 426 Å². The monoisotopic (exact) mass is 1010 g/mol. The van der Waals surface area contributed by atoms with Crippen molar-refractivity contribution in [2.45, 2.75) is 122 Å². The Morgan fingerprint density at radius 1 is 0.778 bits per heavy atom. The van der Waals surface area contributed by atoms with Crippen molar-refractivity contribution in [3.8, 4) is 17.2 Å². The van der Waals surface area contributed by atoms with E-state index >= 15 is 0 Å². The van der Waals surface area contributed by atoms with Crippen molar-refractivity contribution in [3.05, 3.63) is 114 Å². The van der Waals surface area contributed by atoms with Gasteiger partial charge in [0, 0.05) is 49.4 Å². The number of benzene rings is 4. The lowest BCUT2D eigenvalue weighted by molar-refractivity contribution is -0.161. The molecule has 0 radical (unpaired) electrons. The molecule has 0 bridgehead atoms. The molecule has 390 valence electrons. The van der Waals surface area contributed by atoms with E-state index in [1.165, 1.54) is 23.5 Å². The summed E-state index contributed by atoms with van der Waals surface area (Å²) >= 11 is 0. The molecule has 1 saturated carbocycles. The van der Waals surface area contributed by atoms with Gasteiger partial charge in [-0.1, -0.05) is 96.0 Å². The van der Waals surface area contributed by atoms with Crippen molar-refractivity contribution in [2.24, 2.45) is 29.1 Å². The second-order valence-electron chi connectivity index (χ2n) is 19.9. The second-order valence-corrected chi connectivity index (χ2v) is 21.8. The van der Waals surface area contributed by atoms with Crippen molar-refractivity contribution in [2.75, 3.05) is 39.7 Å². The standard InChI is InChI=1S/C57H74N2O12S/c1-9-57(4,5)55(64)54(63)47-20-13-14-21-48(47)56(65)71-50(29-22-40-23-30-51(69-7)52(33-40)70-8)41-18-15-19-43(34-41)58-53(62)31-24-44(60)35-42(32-39-16-11-10-12-17-39)49(61)37-59(36-38(2)3)72(66,67)46-27-25-45(68-6)26-28-46/h10-12,15-19,23,25-28,30,33-34,38,42,47-50,61H,9,13-14,20-22,24,29,31-32,35-37H2,1-8H3,(H,58,62)/t42-,47?,48?,49-,50?/m1/s1. The first-order valence-electron chi connectivity index (χ1n) is 25.1. The predicted octanol–water partition coefficient (Wildman–Crippen LogP) is 9.55. The average Bonchev–Trinajstić information content (AvgIpc) is 3.38. The van der Waals surface area contributed by atoms with Gasteiger partial charge in [-0.15, -0.1) is 0 Å². The van der Waals surface area contributed by atoms with E-state index in [9.17, 15) is 37.5 Å². The number of anilines is 1. The van der Waals surface area contributed by atoms with Gasteiger partial charge in [0.1, 0.15) is 17.6 Å². The Morgan fingerprint density at radius 2 is 1.46 bits per heavy atom. The lowest BCUT2D eigenvalue weighted by atomic mass is 9.72. The first-order chi connectivity index (χ1) is 34.3. The van der Waals surface area contributed by atoms with Gasteiger partial charge in [0.25, 0.3) is 0 Å². The third-order valence-electron chi connectivity index (χ3n) is 13.7. The zero-order valence-electron chi connectivity index (χ0n) is 43.2. The quantitative estimate of drug-likeness (QED) is 0.0405. The van der Waals surface area contributed by atoms with Gasteiger partial charge < -0.3 is 29.4 Å². The molecular weight excluding hydrogens is 937 g/mol. The Morgan fingerprint density at radius 3 is 2.10 bits per heavy atom. The fourth-order valence-corrected chi connectivity index (χ4v) is 10.7. The van der Waals surface area contributed by atoms with Crippen LogP contribution in [0.1, 0.15) is 115 Å². The van der Waals surface area contributed by atoms with E-state index in [1.807, 2.05) is 63.2 Å². The van der Waals surface area contributed by atoms with Crippen molar-refractivity contribution >= 4 is 44.9 Å². The first kappa shape index (κ1) is 57.0. The molecule has 0 saturated heterocycles. The number of aliphatic hydroxyl groups excluding tert-OH is 1. The van der Waals surface area contributed by atoms with E-state index < -0.39 is 68.8 Å². The molecule has 1 amide bonds. The number of esters is 1. The molecule has 1 aliphatic carbocycles. The maximum absolute atomic E-state index is 14.2. The molecular formula is C57H74N2O12S. The number of ketones is 3. The highest BCUT2D eigenvalue weighted by atomic mass is 32.2. The number of aliphatic hydroxyl groups is 1. The minimum atomic E-state index is -4.03. The minimum absolute atomic E-state index is 0.0565. The Hall–Kier alpha value is -5.90. The number of nitrogens with zero attached hydrogens (tertiary/aromatic N) is 1. The SMILES string of the molecule is CCC(C)(C)C(=O)C(=O)C1CCCCC1C(=O)OC(CCc1ccc(OC)c(OC)c1)c1cccc(NC(=O)CCC(=O)C[C@@H](Cc2ccccc2)[C@H](O)CN(CC(C)C)S(=O)(=O)c2ccc(OC)cc2)c1. The van der Waals surface area contributed by atoms with Crippen LogP contribution in [0.2, 0.25) is 0 Å². The van der Waals surface area contributed by atoms with Gasteiger partial charge in [-0.25, -0.2) is 8.42 Å². The predicted molar refractivity (Wildman–Crippen MR) is 276 cm³/mol. The lowest BCUT2D eigenvalue weighted by Gasteiger charge is -2.32. The molecule has 4 aromatic rings.